The number of para-hydroxylation sites is 4. The van der Waals surface area contributed by atoms with Crippen LogP contribution in [0.3, 0.4) is 0 Å². The van der Waals surface area contributed by atoms with E-state index < -0.39 is 0 Å². The zero-order chi connectivity index (χ0) is 88.6. The Balaban J connectivity index is 0.0000000983. The van der Waals surface area contributed by atoms with Gasteiger partial charge in [-0.3, -0.25) is 0 Å². The fraction of sp³-hybridized carbons (Fsp3) is 0.0625. The second-order valence-corrected chi connectivity index (χ2v) is 39.6. The molecular weight excluding hydrogens is 1620 g/mol. The predicted molar refractivity (Wildman–Crippen MR) is 574 cm³/mol. The maximum atomic E-state index is 2.52. The van der Waals surface area contributed by atoms with Crippen LogP contribution in [0.1, 0.15) is 52.7 Å². The zero-order valence-electron chi connectivity index (χ0n) is 74.9. The summed E-state index contributed by atoms with van der Waals surface area (Å²) < 4.78 is 14.9. The first-order valence-electron chi connectivity index (χ1n) is 47.0. The Morgan fingerprint density at radius 2 is 0.381 bits per heavy atom. The fourth-order valence-corrected chi connectivity index (χ4v) is 23.6. The van der Waals surface area contributed by atoms with E-state index in [4.69, 9.17) is 0 Å². The summed E-state index contributed by atoms with van der Waals surface area (Å²) in [6.07, 6.45) is 0. The molecule has 0 fully saturated rings. The van der Waals surface area contributed by atoms with Gasteiger partial charge in [0.05, 0.1) is 82.8 Å². The lowest BCUT2D eigenvalue weighted by atomic mass is 9.85. The van der Waals surface area contributed by atoms with Crippen LogP contribution in [-0.4, -0.2) is 26.9 Å². The summed E-state index contributed by atoms with van der Waals surface area (Å²) in [6, 6.07) is 154. The minimum absolute atomic E-state index is 0.0617. The third kappa shape index (κ3) is 10.8. The largest absolute Gasteiger partial charge is 0.309 e. The highest BCUT2D eigenvalue weighted by Gasteiger charge is 2.29. The molecule has 0 aliphatic rings. The molecule has 22 aromatic carbocycles. The van der Waals surface area contributed by atoms with Crippen LogP contribution in [-0.2, 0) is 10.8 Å². The van der Waals surface area contributed by atoms with Crippen molar-refractivity contribution in [3.8, 4) is 28.2 Å². The predicted octanol–water partition coefficient (Wildman–Crippen LogP) is 35.0. The lowest BCUT2D eigenvalue weighted by Crippen LogP contribution is -2.10. The molecule has 0 saturated heterocycles. The Bertz CT molecular complexity index is 10000. The summed E-state index contributed by atoms with van der Waals surface area (Å²) >= 11 is 0. The molecule has 0 spiro atoms. The van der Waals surface area contributed by atoms with E-state index in [1.165, 1.54) is 284 Å². The van der Waals surface area contributed by atoms with E-state index in [0.717, 1.165) is 0 Å². The van der Waals surface area contributed by atoms with Gasteiger partial charge in [0.25, 0.3) is 0 Å². The molecule has 9 aromatic heterocycles. The first kappa shape index (κ1) is 75.1. The normalized spacial score (nSPS) is 12.7. The van der Waals surface area contributed by atoms with Gasteiger partial charge in [-0.05, 0) is 268 Å². The van der Waals surface area contributed by atoms with Crippen LogP contribution in [0.2, 0.25) is 0 Å². The van der Waals surface area contributed by atoms with Crippen LogP contribution in [0.25, 0.3) is 273 Å². The molecule has 6 heteroatoms. The lowest BCUT2D eigenvalue weighted by Gasteiger charge is -2.19. The summed E-state index contributed by atoms with van der Waals surface area (Å²) in [6.45, 7) is 13.9. The van der Waals surface area contributed by atoms with Crippen LogP contribution in [0, 0.1) is 0 Å². The number of rotatable bonds is 4. The fourth-order valence-electron chi connectivity index (χ4n) is 23.6. The third-order valence-electron chi connectivity index (χ3n) is 30.0. The Labute approximate surface area is 770 Å². The van der Waals surface area contributed by atoms with Gasteiger partial charge in [-0.2, -0.15) is 0 Å². The zero-order valence-corrected chi connectivity index (χ0v) is 74.9. The van der Waals surface area contributed by atoms with E-state index in [0.29, 0.717) is 0 Å². The highest BCUT2D eigenvalue weighted by Crippen LogP contribution is 2.51. The topological polar surface area (TPSA) is 28.0 Å². The summed E-state index contributed by atoms with van der Waals surface area (Å²) in [5.74, 6) is 0. The number of nitrogens with zero attached hydrogens (tertiary/aromatic N) is 6. The minimum Gasteiger partial charge on any atom is -0.309 e. The summed E-state index contributed by atoms with van der Waals surface area (Å²) in [7, 11) is 0. The minimum atomic E-state index is 0.0617. The van der Waals surface area contributed by atoms with Crippen LogP contribution >= 0.6 is 0 Å². The van der Waals surface area contributed by atoms with Crippen molar-refractivity contribution in [1.29, 1.82) is 0 Å². The molecule has 0 N–H and O–H groups in total. The van der Waals surface area contributed by atoms with Crippen molar-refractivity contribution in [3.05, 3.63) is 424 Å². The Kier molecular flexibility index (Phi) is 15.4. The molecule has 31 aromatic rings. The second-order valence-electron chi connectivity index (χ2n) is 39.6. The molecule has 0 radical (unpaired) electrons. The van der Waals surface area contributed by atoms with Crippen molar-refractivity contribution >= 4 is 244 Å². The maximum Gasteiger partial charge on any atom is 0.0622 e. The van der Waals surface area contributed by atoms with E-state index in [9.17, 15) is 0 Å². The summed E-state index contributed by atoms with van der Waals surface area (Å²) in [4.78, 5) is 0. The van der Waals surface area contributed by atoms with Gasteiger partial charge in [0, 0.05) is 114 Å². The number of aromatic nitrogens is 6. The Morgan fingerprint density at radius 1 is 0.142 bits per heavy atom. The number of hydrogen-bond acceptors (Lipinski definition) is 0. The van der Waals surface area contributed by atoms with Crippen LogP contribution in [0.15, 0.2) is 413 Å². The molecule has 0 amide bonds. The van der Waals surface area contributed by atoms with Crippen molar-refractivity contribution < 1.29 is 0 Å². The quantitative estimate of drug-likeness (QED) is 0.168. The standard InChI is InChI=1S/C46H38N2.C44H26N2.C38H22N2/c1-45(2,3)31-15-17-40-36(23-31)37-24-32(46(4,5)6)16-18-41(37)47(40)33-25-38-34-19-27-11-7-9-13-29(27)21-42(34)48-43-22-30-14-10-8-12-28(30)20-35(43)39(26-33)44(38)48;1-2-14-33(15-3-1)45-40-17-9-8-16-34(40)35-19-18-31(26-41(35)45)32-22-38-36-20-27-10-4-6-12-29(27)24-42(36)46-43-25-30-13-7-5-11-28(30)21-37(43)39(23-32)44(38)46;1-3-11-25-19-36-30(17-23(25)9-1)32-21-27(39-34-15-7-5-13-28(34)29-14-6-8-16-35(29)39)22-33-31-18-24-10-2-4-12-26(24)20-37(31)40(36)38(32)33/h7-26H,1-6H3;1-26H;1-22H. The van der Waals surface area contributed by atoms with E-state index >= 15 is 0 Å². The van der Waals surface area contributed by atoms with Gasteiger partial charge in [-0.15, -0.1) is 0 Å². The smallest absolute Gasteiger partial charge is 0.0622 e. The molecule has 9 heterocycles. The number of fused-ring (bicyclic) bond motifs is 33. The van der Waals surface area contributed by atoms with Gasteiger partial charge in [0.2, 0.25) is 0 Å². The molecule has 0 aliphatic heterocycles. The lowest BCUT2D eigenvalue weighted by molar-refractivity contribution is 0.590. The van der Waals surface area contributed by atoms with Gasteiger partial charge < -0.3 is 26.9 Å². The highest BCUT2D eigenvalue weighted by molar-refractivity contribution is 6.31. The summed E-state index contributed by atoms with van der Waals surface area (Å²) in [5, 5.41) is 38.6. The molecule has 134 heavy (non-hydrogen) atoms. The monoisotopic (exact) mass is 1710 g/mol. The average Bonchev–Trinajstić information content (AvgIpc) is 1.53. The SMILES string of the molecule is CC(C)(C)c1ccc2c(c1)c1cc(C(C)(C)C)ccc1n2-c1cc2c3cc4ccccc4cc3n3c4cc5ccccc5cc4c(c1)c23.c1ccc(-n2c3ccccc3c3ccc(-c4cc5c6cc7ccccc7cc6n6c7cc8ccccc8cc7c(c4)c56)cc32)cc1.c1ccc2cc3c(cc2c1)c1cc(-n2c4ccccc4c4ccccc42)cc2c4cc5ccccc5cc4n3c12. The Morgan fingerprint density at radius 3 is 0.679 bits per heavy atom. The molecule has 0 aliphatic carbocycles. The molecule has 6 nitrogen and oxygen atoms in total. The van der Waals surface area contributed by atoms with E-state index in [1.54, 1.807) is 0 Å². The Hall–Kier alpha value is -16.8. The number of benzene rings is 22. The molecule has 0 unspecified atom stereocenters. The van der Waals surface area contributed by atoms with Crippen LogP contribution in [0.5, 0.6) is 0 Å². The maximum absolute atomic E-state index is 2.52. The molecule has 31 rings (SSSR count). The van der Waals surface area contributed by atoms with E-state index in [2.05, 4.69) is 481 Å². The van der Waals surface area contributed by atoms with Crippen molar-refractivity contribution in [3.63, 3.8) is 0 Å². The molecule has 0 saturated carbocycles. The van der Waals surface area contributed by atoms with Crippen molar-refractivity contribution in [2.24, 2.45) is 0 Å². The highest BCUT2D eigenvalue weighted by atomic mass is 15.0. The molecular formula is C128H86N6. The molecule has 0 atom stereocenters. The molecule has 0 bridgehead atoms. The first-order chi connectivity index (χ1) is 65.7. The number of hydrogen-bond donors (Lipinski definition) is 0. The first-order valence-corrected chi connectivity index (χ1v) is 47.0. The van der Waals surface area contributed by atoms with Gasteiger partial charge in [0.15, 0.2) is 0 Å². The van der Waals surface area contributed by atoms with E-state index in [1.807, 2.05) is 0 Å². The van der Waals surface area contributed by atoms with Crippen molar-refractivity contribution in [2.45, 2.75) is 52.4 Å². The van der Waals surface area contributed by atoms with Gasteiger partial charge in [0.1, 0.15) is 0 Å². The summed E-state index contributed by atoms with van der Waals surface area (Å²) in [5.41, 5.74) is 27.8. The van der Waals surface area contributed by atoms with E-state index in [-0.39, 0.29) is 10.8 Å². The third-order valence-corrected chi connectivity index (χ3v) is 30.0. The van der Waals surface area contributed by atoms with Crippen molar-refractivity contribution in [1.82, 2.24) is 26.9 Å². The average molecular weight is 1710 g/mol. The van der Waals surface area contributed by atoms with Gasteiger partial charge in [-0.1, -0.05) is 284 Å². The second kappa shape index (κ2) is 27.4. The van der Waals surface area contributed by atoms with Gasteiger partial charge >= 0.3 is 0 Å². The van der Waals surface area contributed by atoms with Gasteiger partial charge in [-0.25, -0.2) is 0 Å². The molecule has 628 valence electrons. The van der Waals surface area contributed by atoms with Crippen LogP contribution in [0.4, 0.5) is 0 Å². The van der Waals surface area contributed by atoms with Crippen molar-refractivity contribution in [2.75, 3.05) is 0 Å². The van der Waals surface area contributed by atoms with Crippen LogP contribution < -0.4 is 0 Å².